The van der Waals surface area contributed by atoms with Gasteiger partial charge in [0.1, 0.15) is 17.2 Å². The number of rotatable bonds is 7. The molecule has 0 spiro atoms. The summed E-state index contributed by atoms with van der Waals surface area (Å²) in [5.41, 5.74) is 2.35. The quantitative estimate of drug-likeness (QED) is 0.572. The Bertz CT molecular complexity index is 1060. The van der Waals surface area contributed by atoms with Crippen LogP contribution in [0.1, 0.15) is 21.5 Å². The molecule has 0 amide bonds. The third kappa shape index (κ3) is 7.56. The van der Waals surface area contributed by atoms with Crippen molar-refractivity contribution in [3.63, 3.8) is 0 Å². The number of hydrogen-bond acceptors (Lipinski definition) is 6. The summed E-state index contributed by atoms with van der Waals surface area (Å²) in [6, 6.07) is 24.9. The highest BCUT2D eigenvalue weighted by Gasteiger charge is 2.12. The lowest BCUT2D eigenvalue weighted by atomic mass is 10.1. The predicted molar refractivity (Wildman–Crippen MR) is 116 cm³/mol. The van der Waals surface area contributed by atoms with Crippen molar-refractivity contribution in [2.75, 3.05) is 13.7 Å². The van der Waals surface area contributed by atoms with Gasteiger partial charge >= 0.3 is 0 Å². The van der Waals surface area contributed by atoms with Gasteiger partial charge in [0.15, 0.2) is 6.61 Å². The van der Waals surface area contributed by atoms with E-state index in [0.29, 0.717) is 29.9 Å². The Morgan fingerprint density at radius 3 is 1.97 bits per heavy atom. The molecule has 0 aliphatic heterocycles. The molecule has 0 saturated carbocycles. The first kappa shape index (κ1) is 23.0. The lowest BCUT2D eigenvalue weighted by Gasteiger charge is -2.09. The minimum Gasteiger partial charge on any atom is -0.508 e. The van der Waals surface area contributed by atoms with Crippen LogP contribution in [0.3, 0.4) is 0 Å². The van der Waals surface area contributed by atoms with Gasteiger partial charge in [-0.2, -0.15) is 10.5 Å². The van der Waals surface area contributed by atoms with Crippen molar-refractivity contribution in [3.05, 3.63) is 89.5 Å². The maximum Gasteiger partial charge on any atom is 0.203 e. The van der Waals surface area contributed by atoms with Crippen molar-refractivity contribution in [3.8, 4) is 29.4 Å². The number of aromatic hydroxyl groups is 1. The van der Waals surface area contributed by atoms with Crippen LogP contribution in [0.5, 0.6) is 17.2 Å². The first-order valence-electron chi connectivity index (χ1n) is 9.47. The summed E-state index contributed by atoms with van der Waals surface area (Å²) in [5, 5.41) is 25.7. The number of hydrogen-bond donors (Lipinski definition) is 1. The molecular weight excluding hydrogens is 392 g/mol. The molecule has 0 saturated heterocycles. The molecule has 0 unspecified atom stereocenters. The molecule has 0 atom stereocenters. The number of phenolic OH excluding ortho intramolecular Hbond substituents is 1. The Labute approximate surface area is 181 Å². The molecule has 156 valence electrons. The van der Waals surface area contributed by atoms with Crippen LogP contribution in [0.25, 0.3) is 0 Å². The Kier molecular flexibility index (Phi) is 9.13. The van der Waals surface area contributed by atoms with E-state index in [9.17, 15) is 4.79 Å². The maximum atomic E-state index is 12.1. The van der Waals surface area contributed by atoms with Gasteiger partial charge < -0.3 is 14.6 Å². The fourth-order valence-corrected chi connectivity index (χ4v) is 2.60. The van der Waals surface area contributed by atoms with E-state index in [1.807, 2.05) is 24.3 Å². The summed E-state index contributed by atoms with van der Waals surface area (Å²) < 4.78 is 10.6. The van der Waals surface area contributed by atoms with Crippen LogP contribution in [0.2, 0.25) is 0 Å². The Morgan fingerprint density at radius 1 is 0.871 bits per heavy atom. The molecule has 0 aromatic heterocycles. The maximum absolute atomic E-state index is 12.1. The number of carbonyl (C=O) groups is 1. The molecule has 0 aliphatic carbocycles. The van der Waals surface area contributed by atoms with Crippen LogP contribution in [0.4, 0.5) is 0 Å². The number of benzene rings is 3. The van der Waals surface area contributed by atoms with Gasteiger partial charge in [-0.1, -0.05) is 36.4 Å². The van der Waals surface area contributed by atoms with Gasteiger partial charge in [0.25, 0.3) is 0 Å². The highest BCUT2D eigenvalue weighted by molar-refractivity contribution is 5.99. The molecule has 3 aromatic carbocycles. The molecule has 6 nitrogen and oxygen atoms in total. The van der Waals surface area contributed by atoms with Crippen molar-refractivity contribution in [1.29, 1.82) is 10.5 Å². The third-order valence-electron chi connectivity index (χ3n) is 4.20. The largest absolute Gasteiger partial charge is 0.508 e. The molecule has 0 radical (unpaired) electrons. The predicted octanol–water partition coefficient (Wildman–Crippen LogP) is 4.48. The number of ether oxygens (including phenoxy) is 2. The molecule has 0 heterocycles. The number of methoxy groups -OCH3 is 1. The van der Waals surface area contributed by atoms with Gasteiger partial charge in [-0.05, 0) is 47.5 Å². The molecular formula is C25H22N2O4. The van der Waals surface area contributed by atoms with Crippen LogP contribution in [0, 0.1) is 22.7 Å². The SMILES string of the molecule is COc1ccccc1C(=O)COc1ccc(CC#N)cc1.N#CCc1ccc(O)cc1. The smallest absolute Gasteiger partial charge is 0.203 e. The monoisotopic (exact) mass is 414 g/mol. The van der Waals surface area contributed by atoms with Gasteiger partial charge in [-0.3, -0.25) is 4.79 Å². The fourth-order valence-electron chi connectivity index (χ4n) is 2.60. The van der Waals surface area contributed by atoms with Crippen molar-refractivity contribution in [1.82, 2.24) is 0 Å². The molecule has 31 heavy (non-hydrogen) atoms. The van der Waals surface area contributed by atoms with Gasteiger partial charge in [0, 0.05) is 0 Å². The average molecular weight is 414 g/mol. The second-order valence-electron chi connectivity index (χ2n) is 6.39. The fraction of sp³-hybridized carbons (Fsp3) is 0.160. The first-order valence-corrected chi connectivity index (χ1v) is 9.47. The van der Waals surface area contributed by atoms with E-state index >= 15 is 0 Å². The summed E-state index contributed by atoms with van der Waals surface area (Å²) in [5.74, 6) is 1.23. The van der Waals surface area contributed by atoms with E-state index in [4.69, 9.17) is 25.1 Å². The average Bonchev–Trinajstić information content (AvgIpc) is 2.80. The summed E-state index contributed by atoms with van der Waals surface area (Å²) in [4.78, 5) is 12.1. The lowest BCUT2D eigenvalue weighted by Crippen LogP contribution is -2.12. The zero-order chi connectivity index (χ0) is 22.5. The highest BCUT2D eigenvalue weighted by Crippen LogP contribution is 2.19. The molecule has 0 aliphatic rings. The zero-order valence-electron chi connectivity index (χ0n) is 17.1. The topological polar surface area (TPSA) is 103 Å². The van der Waals surface area contributed by atoms with E-state index in [1.165, 1.54) is 7.11 Å². The van der Waals surface area contributed by atoms with Crippen LogP contribution >= 0.6 is 0 Å². The minimum absolute atomic E-state index is 0.0576. The van der Waals surface area contributed by atoms with Gasteiger partial charge in [-0.15, -0.1) is 0 Å². The molecule has 3 aromatic rings. The molecule has 1 N–H and O–H groups in total. The number of nitrogens with zero attached hydrogens (tertiary/aromatic N) is 2. The summed E-state index contributed by atoms with van der Waals surface area (Å²) in [7, 11) is 1.53. The van der Waals surface area contributed by atoms with Crippen molar-refractivity contribution >= 4 is 5.78 Å². The van der Waals surface area contributed by atoms with E-state index in [2.05, 4.69) is 6.07 Å². The first-order chi connectivity index (χ1) is 15.1. The van der Waals surface area contributed by atoms with E-state index in [-0.39, 0.29) is 18.1 Å². The van der Waals surface area contributed by atoms with E-state index in [0.717, 1.165) is 11.1 Å². The van der Waals surface area contributed by atoms with Crippen molar-refractivity contribution in [2.24, 2.45) is 0 Å². The standard InChI is InChI=1S/C17H15NO3.C8H7NO/c1-20-17-5-3-2-4-15(17)16(19)12-21-14-8-6-13(7-9-14)10-11-18;9-6-5-7-1-3-8(10)4-2-7/h2-9H,10,12H2,1H3;1-4,10H,5H2. The second-order valence-corrected chi connectivity index (χ2v) is 6.39. The van der Waals surface area contributed by atoms with Gasteiger partial charge in [-0.25, -0.2) is 0 Å². The van der Waals surface area contributed by atoms with Crippen molar-refractivity contribution in [2.45, 2.75) is 12.8 Å². The number of ketones is 1. The van der Waals surface area contributed by atoms with E-state index in [1.54, 1.807) is 54.6 Å². The Morgan fingerprint density at radius 2 is 1.42 bits per heavy atom. The minimum atomic E-state index is -0.145. The second kappa shape index (κ2) is 12.3. The number of para-hydroxylation sites is 1. The zero-order valence-corrected chi connectivity index (χ0v) is 17.1. The molecule has 6 heteroatoms. The summed E-state index contributed by atoms with van der Waals surface area (Å²) >= 11 is 0. The lowest BCUT2D eigenvalue weighted by molar-refractivity contribution is 0.0918. The Balaban J connectivity index is 0.000000285. The van der Waals surface area contributed by atoms with Gasteiger partial charge in [0.05, 0.1) is 37.7 Å². The van der Waals surface area contributed by atoms with Crippen LogP contribution in [-0.4, -0.2) is 24.6 Å². The Hall–Kier alpha value is -4.29. The molecule has 0 bridgehead atoms. The van der Waals surface area contributed by atoms with Crippen LogP contribution in [0.15, 0.2) is 72.8 Å². The number of Topliss-reactive ketones (excluding diaryl/α,β-unsaturated/α-hetero) is 1. The summed E-state index contributed by atoms with van der Waals surface area (Å²) in [6.45, 7) is -0.0576. The highest BCUT2D eigenvalue weighted by atomic mass is 16.5. The van der Waals surface area contributed by atoms with Gasteiger partial charge in [0.2, 0.25) is 5.78 Å². The number of nitriles is 2. The van der Waals surface area contributed by atoms with Crippen molar-refractivity contribution < 1.29 is 19.4 Å². The van der Waals surface area contributed by atoms with E-state index < -0.39 is 0 Å². The van der Waals surface area contributed by atoms with Crippen LogP contribution in [-0.2, 0) is 12.8 Å². The third-order valence-corrected chi connectivity index (χ3v) is 4.20. The number of carbonyl (C=O) groups excluding carboxylic acids is 1. The molecule has 0 fully saturated rings. The summed E-state index contributed by atoms with van der Waals surface area (Å²) in [6.07, 6.45) is 0.765. The number of phenols is 1. The molecule has 3 rings (SSSR count). The van der Waals surface area contributed by atoms with Crippen LogP contribution < -0.4 is 9.47 Å². The normalized spacial score (nSPS) is 9.39.